The molecule has 1 aliphatic rings. The molecule has 1 heterocycles. The molecule has 1 aromatic carbocycles. The molecule has 0 saturated heterocycles. The van der Waals surface area contributed by atoms with Crippen molar-refractivity contribution in [3.8, 4) is 0 Å². The molecule has 3 heteroatoms. The third kappa shape index (κ3) is 1.12. The molecule has 0 saturated carbocycles. The fourth-order valence-corrected chi connectivity index (χ4v) is 0.974. The average Bonchev–Trinajstić information content (AvgIpc) is 2.28. The fraction of sp³-hybridized carbons (Fsp3) is 0. The Morgan fingerprint density at radius 1 is 1.18 bits per heavy atom. The molecule has 54 valence electrons. The molecule has 1 aliphatic heterocycles. The summed E-state index contributed by atoms with van der Waals surface area (Å²) >= 11 is 0. The van der Waals surface area contributed by atoms with Gasteiger partial charge in [-0.1, -0.05) is 23.4 Å². The zero-order chi connectivity index (χ0) is 7.52. The Morgan fingerprint density at radius 3 is 3.09 bits per heavy atom. The fourth-order valence-electron chi connectivity index (χ4n) is 0.974. The maximum absolute atomic E-state index is 3.72. The molecule has 0 atom stereocenters. The number of hydrogen-bond acceptors (Lipinski definition) is 3. The van der Waals surface area contributed by atoms with Crippen LogP contribution in [0.4, 0.5) is 5.69 Å². The Balaban J connectivity index is 2.52. The molecule has 0 unspecified atom stereocenters. The van der Waals surface area contributed by atoms with Crippen LogP contribution in [0.15, 0.2) is 40.8 Å². The third-order valence-corrected chi connectivity index (χ3v) is 1.51. The van der Waals surface area contributed by atoms with Gasteiger partial charge in [-0.3, -0.25) is 5.43 Å². The van der Waals surface area contributed by atoms with Crippen LogP contribution in [0, 0.1) is 0 Å². The van der Waals surface area contributed by atoms with E-state index in [1.165, 1.54) is 0 Å². The molecule has 2 rings (SSSR count). The summed E-state index contributed by atoms with van der Waals surface area (Å²) in [6.45, 7) is 0. The van der Waals surface area contributed by atoms with Crippen molar-refractivity contribution in [3.63, 3.8) is 0 Å². The second-order valence-electron chi connectivity index (χ2n) is 2.23. The van der Waals surface area contributed by atoms with Gasteiger partial charge in [0.1, 0.15) is 0 Å². The van der Waals surface area contributed by atoms with Crippen molar-refractivity contribution in [2.24, 2.45) is 10.3 Å². The summed E-state index contributed by atoms with van der Waals surface area (Å²) in [5.74, 6) is 0. The highest BCUT2D eigenvalue weighted by Crippen LogP contribution is 2.18. The minimum atomic E-state index is 0.991. The van der Waals surface area contributed by atoms with E-state index in [-0.39, 0.29) is 0 Å². The van der Waals surface area contributed by atoms with E-state index in [0.717, 1.165) is 11.3 Å². The summed E-state index contributed by atoms with van der Waals surface area (Å²) < 4.78 is 0. The molecular weight excluding hydrogens is 138 g/mol. The smallest absolute Gasteiger partial charge is 0.0651 e. The minimum Gasteiger partial charge on any atom is -0.259 e. The number of fused-ring (bicyclic) bond motifs is 1. The summed E-state index contributed by atoms with van der Waals surface area (Å²) in [7, 11) is 0. The largest absolute Gasteiger partial charge is 0.259 e. The second-order valence-corrected chi connectivity index (χ2v) is 2.23. The van der Waals surface area contributed by atoms with Crippen molar-refractivity contribution in [2.75, 3.05) is 5.43 Å². The van der Waals surface area contributed by atoms with E-state index in [4.69, 9.17) is 0 Å². The molecule has 0 bridgehead atoms. The zero-order valence-electron chi connectivity index (χ0n) is 5.86. The van der Waals surface area contributed by atoms with Gasteiger partial charge in [-0.05, 0) is 12.1 Å². The van der Waals surface area contributed by atoms with Crippen molar-refractivity contribution >= 4 is 11.8 Å². The van der Waals surface area contributed by atoms with Gasteiger partial charge in [-0.2, -0.15) is 0 Å². The average molecular weight is 145 g/mol. The predicted molar refractivity (Wildman–Crippen MR) is 44.0 cm³/mol. The number of hydrogen-bond donors (Lipinski definition) is 1. The third-order valence-electron chi connectivity index (χ3n) is 1.51. The zero-order valence-corrected chi connectivity index (χ0v) is 5.86. The number of benzene rings is 1. The van der Waals surface area contributed by atoms with Crippen LogP contribution in [0.2, 0.25) is 0 Å². The lowest BCUT2D eigenvalue weighted by Crippen LogP contribution is -1.87. The Kier molecular flexibility index (Phi) is 1.41. The normalized spacial score (nSPS) is 13.5. The SMILES string of the molecule is C1=Cc2ccccc2NN=N1. The molecule has 0 radical (unpaired) electrons. The van der Waals surface area contributed by atoms with Crippen LogP contribution in [-0.4, -0.2) is 0 Å². The summed E-state index contributed by atoms with van der Waals surface area (Å²) in [6, 6.07) is 7.91. The van der Waals surface area contributed by atoms with Gasteiger partial charge in [-0.15, -0.1) is 5.11 Å². The molecule has 0 aliphatic carbocycles. The van der Waals surface area contributed by atoms with Gasteiger partial charge in [0.15, 0.2) is 0 Å². The molecular formula is C8H7N3. The number of nitrogens with one attached hydrogen (secondary N) is 1. The topological polar surface area (TPSA) is 36.8 Å². The Bertz CT molecular complexity index is 315. The van der Waals surface area contributed by atoms with Gasteiger partial charge in [0, 0.05) is 5.56 Å². The van der Waals surface area contributed by atoms with E-state index >= 15 is 0 Å². The first kappa shape index (κ1) is 6.09. The van der Waals surface area contributed by atoms with Crippen LogP contribution in [0.3, 0.4) is 0 Å². The van der Waals surface area contributed by atoms with Crippen molar-refractivity contribution in [2.45, 2.75) is 0 Å². The number of nitrogens with zero attached hydrogens (tertiary/aromatic N) is 2. The number of rotatable bonds is 0. The van der Waals surface area contributed by atoms with Crippen molar-refractivity contribution < 1.29 is 0 Å². The first-order chi connectivity index (χ1) is 5.47. The predicted octanol–water partition coefficient (Wildman–Crippen LogP) is 2.45. The lowest BCUT2D eigenvalue weighted by molar-refractivity contribution is 1.14. The van der Waals surface area contributed by atoms with Crippen LogP contribution in [0.1, 0.15) is 5.56 Å². The molecule has 11 heavy (non-hydrogen) atoms. The van der Waals surface area contributed by atoms with Gasteiger partial charge in [0.2, 0.25) is 0 Å². The first-order valence-electron chi connectivity index (χ1n) is 3.38. The molecule has 0 spiro atoms. The molecule has 0 aromatic heterocycles. The van der Waals surface area contributed by atoms with Crippen molar-refractivity contribution in [3.05, 3.63) is 36.0 Å². The molecule has 3 nitrogen and oxygen atoms in total. The highest BCUT2D eigenvalue weighted by Gasteiger charge is 1.97. The number of para-hydroxylation sites is 1. The number of anilines is 1. The van der Waals surface area contributed by atoms with Gasteiger partial charge in [0.25, 0.3) is 0 Å². The van der Waals surface area contributed by atoms with Gasteiger partial charge in [-0.25, -0.2) is 0 Å². The highest BCUT2D eigenvalue weighted by atomic mass is 15.4. The van der Waals surface area contributed by atoms with Gasteiger partial charge >= 0.3 is 0 Å². The summed E-state index contributed by atoms with van der Waals surface area (Å²) in [5, 5.41) is 7.42. The van der Waals surface area contributed by atoms with E-state index in [1.54, 1.807) is 6.20 Å². The summed E-state index contributed by atoms with van der Waals surface area (Å²) in [4.78, 5) is 0. The molecule has 0 fully saturated rings. The highest BCUT2D eigenvalue weighted by molar-refractivity contribution is 5.66. The van der Waals surface area contributed by atoms with E-state index in [1.807, 2.05) is 30.3 Å². The lowest BCUT2D eigenvalue weighted by Gasteiger charge is -1.99. The molecule has 1 N–H and O–H groups in total. The molecule has 1 aromatic rings. The van der Waals surface area contributed by atoms with E-state index in [2.05, 4.69) is 15.8 Å². The van der Waals surface area contributed by atoms with E-state index < -0.39 is 0 Å². The Morgan fingerprint density at radius 2 is 2.09 bits per heavy atom. The van der Waals surface area contributed by atoms with E-state index in [9.17, 15) is 0 Å². The minimum absolute atomic E-state index is 0.991. The summed E-state index contributed by atoms with van der Waals surface area (Å²) in [6.07, 6.45) is 3.58. The second kappa shape index (κ2) is 2.54. The van der Waals surface area contributed by atoms with Crippen LogP contribution >= 0.6 is 0 Å². The van der Waals surface area contributed by atoms with Crippen LogP contribution in [-0.2, 0) is 0 Å². The van der Waals surface area contributed by atoms with Crippen LogP contribution in [0.5, 0.6) is 0 Å². The lowest BCUT2D eigenvalue weighted by atomic mass is 10.2. The molecule has 0 amide bonds. The maximum Gasteiger partial charge on any atom is 0.0651 e. The van der Waals surface area contributed by atoms with Crippen molar-refractivity contribution in [1.29, 1.82) is 0 Å². The standard InChI is InChI=1S/C8H7N3/c1-2-4-8-7(3-1)5-6-9-11-10-8/h1-6H,(H,9,10). The van der Waals surface area contributed by atoms with Gasteiger partial charge in [0.05, 0.1) is 11.9 Å². The monoisotopic (exact) mass is 145 g/mol. The quantitative estimate of drug-likeness (QED) is 0.598. The van der Waals surface area contributed by atoms with Crippen LogP contribution in [0.25, 0.3) is 6.08 Å². The van der Waals surface area contributed by atoms with Gasteiger partial charge < -0.3 is 0 Å². The first-order valence-corrected chi connectivity index (χ1v) is 3.38. The summed E-state index contributed by atoms with van der Waals surface area (Å²) in [5.41, 5.74) is 4.92. The Hall–Kier alpha value is -1.64. The Labute approximate surface area is 64.4 Å². The van der Waals surface area contributed by atoms with Crippen LogP contribution < -0.4 is 5.43 Å². The van der Waals surface area contributed by atoms with Crippen molar-refractivity contribution in [1.82, 2.24) is 0 Å². The van der Waals surface area contributed by atoms with E-state index in [0.29, 0.717) is 0 Å². The maximum atomic E-state index is 3.72.